The molecule has 1 aromatic carbocycles. The number of rotatable bonds is 4. The van der Waals surface area contributed by atoms with Crippen molar-refractivity contribution in [2.24, 2.45) is 7.05 Å². The fourth-order valence-corrected chi connectivity index (χ4v) is 3.91. The number of nitrogens with zero attached hydrogens (tertiary/aromatic N) is 2. The molecular formula is C11H9ClIN3O4S. The van der Waals surface area contributed by atoms with E-state index in [-0.39, 0.29) is 21.3 Å². The molecule has 112 valence electrons. The molecule has 0 bridgehead atoms. The number of carboxylic acid groups (broad SMARTS) is 1. The molecule has 0 atom stereocenters. The molecular weight excluding hydrogens is 433 g/mol. The van der Waals surface area contributed by atoms with E-state index in [4.69, 9.17) is 16.7 Å². The van der Waals surface area contributed by atoms with Crippen molar-refractivity contribution in [2.75, 3.05) is 4.72 Å². The molecule has 0 saturated heterocycles. The Bertz CT molecular complexity index is 799. The number of sulfonamides is 1. The second kappa shape index (κ2) is 5.81. The molecule has 2 aromatic rings. The third-order valence-electron chi connectivity index (χ3n) is 2.55. The van der Waals surface area contributed by atoms with E-state index in [1.807, 2.05) is 22.6 Å². The van der Waals surface area contributed by atoms with Crippen molar-refractivity contribution >= 4 is 55.9 Å². The fraction of sp³-hybridized carbons (Fsp3) is 0.0909. The first kappa shape index (κ1) is 16.0. The minimum atomic E-state index is -4.05. The van der Waals surface area contributed by atoms with E-state index >= 15 is 0 Å². The predicted octanol–water partition coefficient (Wildman–Crippen LogP) is 2.18. The third kappa shape index (κ3) is 3.30. The molecule has 0 aliphatic heterocycles. The first-order valence-electron chi connectivity index (χ1n) is 5.45. The smallest absolute Gasteiger partial charge is 0.337 e. The van der Waals surface area contributed by atoms with Crippen LogP contribution in [0.25, 0.3) is 0 Å². The van der Waals surface area contributed by atoms with Crippen LogP contribution in [0.2, 0.25) is 5.02 Å². The Balaban J connectivity index is 2.50. The number of hydrogen-bond donors (Lipinski definition) is 2. The number of aryl methyl sites for hydroxylation is 1. The minimum Gasteiger partial charge on any atom is -0.478 e. The van der Waals surface area contributed by atoms with E-state index in [1.54, 1.807) is 6.07 Å². The highest BCUT2D eigenvalue weighted by Gasteiger charge is 2.24. The summed E-state index contributed by atoms with van der Waals surface area (Å²) in [6.45, 7) is 0. The zero-order valence-corrected chi connectivity index (χ0v) is 14.3. The van der Waals surface area contributed by atoms with E-state index in [0.29, 0.717) is 3.57 Å². The van der Waals surface area contributed by atoms with Crippen molar-refractivity contribution in [3.63, 3.8) is 0 Å². The van der Waals surface area contributed by atoms with Gasteiger partial charge in [0.05, 0.1) is 22.5 Å². The highest BCUT2D eigenvalue weighted by atomic mass is 127. The van der Waals surface area contributed by atoms with E-state index in [2.05, 4.69) is 9.82 Å². The highest BCUT2D eigenvalue weighted by molar-refractivity contribution is 14.1. The summed E-state index contributed by atoms with van der Waals surface area (Å²) in [6, 6.07) is 4.34. The summed E-state index contributed by atoms with van der Waals surface area (Å²) < 4.78 is 28.6. The van der Waals surface area contributed by atoms with Crippen molar-refractivity contribution in [2.45, 2.75) is 5.03 Å². The number of carboxylic acids is 1. The Morgan fingerprint density at radius 2 is 2.14 bits per heavy atom. The predicted molar refractivity (Wildman–Crippen MR) is 85.1 cm³/mol. The maximum Gasteiger partial charge on any atom is 0.337 e. The van der Waals surface area contributed by atoms with Crippen LogP contribution >= 0.6 is 34.2 Å². The summed E-state index contributed by atoms with van der Waals surface area (Å²) in [4.78, 5) is 11.2. The van der Waals surface area contributed by atoms with E-state index in [9.17, 15) is 13.2 Å². The van der Waals surface area contributed by atoms with Crippen molar-refractivity contribution in [3.8, 4) is 0 Å². The molecule has 1 heterocycles. The monoisotopic (exact) mass is 441 g/mol. The zero-order chi connectivity index (χ0) is 15.8. The van der Waals surface area contributed by atoms with Crippen LogP contribution < -0.4 is 4.72 Å². The lowest BCUT2D eigenvalue weighted by molar-refractivity contribution is 0.0698. The molecule has 0 aliphatic rings. The Hall–Kier alpha value is -1.33. The molecule has 7 nitrogen and oxygen atoms in total. The summed E-state index contributed by atoms with van der Waals surface area (Å²) >= 11 is 7.74. The van der Waals surface area contributed by atoms with Crippen molar-refractivity contribution in [1.82, 2.24) is 9.78 Å². The summed E-state index contributed by atoms with van der Waals surface area (Å²) in [6.07, 6.45) is 1.20. The lowest BCUT2D eigenvalue weighted by Crippen LogP contribution is -2.19. The molecule has 0 radical (unpaired) electrons. The molecule has 0 amide bonds. The van der Waals surface area contributed by atoms with Gasteiger partial charge in [0.2, 0.25) is 0 Å². The zero-order valence-electron chi connectivity index (χ0n) is 10.5. The van der Waals surface area contributed by atoms with Crippen LogP contribution in [0, 0.1) is 3.57 Å². The Kier molecular flexibility index (Phi) is 4.44. The summed E-state index contributed by atoms with van der Waals surface area (Å²) in [5, 5.41) is 12.6. The Morgan fingerprint density at radius 1 is 1.48 bits per heavy atom. The maximum atomic E-state index is 12.3. The van der Waals surface area contributed by atoms with Gasteiger partial charge in [-0.15, -0.1) is 0 Å². The maximum absolute atomic E-state index is 12.3. The topological polar surface area (TPSA) is 101 Å². The van der Waals surface area contributed by atoms with Crippen LogP contribution in [0.15, 0.2) is 29.4 Å². The Morgan fingerprint density at radius 3 is 2.67 bits per heavy atom. The van der Waals surface area contributed by atoms with Crippen LogP contribution in [-0.4, -0.2) is 29.3 Å². The van der Waals surface area contributed by atoms with Gasteiger partial charge in [0.15, 0.2) is 5.03 Å². The largest absolute Gasteiger partial charge is 0.478 e. The number of anilines is 1. The molecule has 0 spiro atoms. The molecule has 10 heteroatoms. The third-order valence-corrected chi connectivity index (χ3v) is 5.09. The van der Waals surface area contributed by atoms with Crippen LogP contribution in [0.1, 0.15) is 10.4 Å². The molecule has 0 fully saturated rings. The first-order chi connectivity index (χ1) is 9.72. The van der Waals surface area contributed by atoms with Gasteiger partial charge in [0, 0.05) is 10.6 Å². The average molecular weight is 442 g/mol. The van der Waals surface area contributed by atoms with Gasteiger partial charge >= 0.3 is 5.97 Å². The van der Waals surface area contributed by atoms with Crippen LogP contribution in [0.4, 0.5) is 5.69 Å². The highest BCUT2D eigenvalue weighted by Crippen LogP contribution is 2.25. The SMILES string of the molecule is Cn1ncc(Cl)c1S(=O)(=O)Nc1ccc(I)cc1C(=O)O. The van der Waals surface area contributed by atoms with Crippen molar-refractivity contribution < 1.29 is 18.3 Å². The molecule has 21 heavy (non-hydrogen) atoms. The van der Waals surface area contributed by atoms with Gasteiger partial charge in [-0.3, -0.25) is 9.40 Å². The van der Waals surface area contributed by atoms with Crippen LogP contribution in [0.3, 0.4) is 0 Å². The van der Waals surface area contributed by atoms with Gasteiger partial charge in [-0.2, -0.15) is 13.5 Å². The van der Waals surface area contributed by atoms with Gasteiger partial charge in [-0.05, 0) is 40.8 Å². The molecule has 2 rings (SSSR count). The lowest BCUT2D eigenvalue weighted by atomic mass is 10.2. The Labute approximate surface area is 139 Å². The number of nitrogens with one attached hydrogen (secondary N) is 1. The number of benzene rings is 1. The fourth-order valence-electron chi connectivity index (χ4n) is 1.68. The van der Waals surface area contributed by atoms with Crippen molar-refractivity contribution in [1.29, 1.82) is 0 Å². The van der Waals surface area contributed by atoms with Gasteiger partial charge < -0.3 is 5.11 Å². The van der Waals surface area contributed by atoms with E-state index in [0.717, 1.165) is 4.68 Å². The summed E-state index contributed by atoms with van der Waals surface area (Å²) in [5.74, 6) is -1.23. The normalized spacial score (nSPS) is 11.4. The van der Waals surface area contributed by atoms with Crippen LogP contribution in [0.5, 0.6) is 0 Å². The number of aromatic carboxylic acids is 1. The number of aromatic nitrogens is 2. The van der Waals surface area contributed by atoms with E-state index in [1.165, 1.54) is 25.4 Å². The van der Waals surface area contributed by atoms with Crippen LogP contribution in [-0.2, 0) is 17.1 Å². The van der Waals surface area contributed by atoms with Gasteiger partial charge in [0.25, 0.3) is 10.0 Å². The average Bonchev–Trinajstić information content (AvgIpc) is 2.71. The van der Waals surface area contributed by atoms with Crippen molar-refractivity contribution in [3.05, 3.63) is 38.6 Å². The molecule has 0 unspecified atom stereocenters. The van der Waals surface area contributed by atoms with Gasteiger partial charge in [-0.25, -0.2) is 4.79 Å². The van der Waals surface area contributed by atoms with Gasteiger partial charge in [0.1, 0.15) is 0 Å². The van der Waals surface area contributed by atoms with E-state index < -0.39 is 16.0 Å². The second-order valence-corrected chi connectivity index (χ2v) is 7.27. The lowest BCUT2D eigenvalue weighted by Gasteiger charge is -2.11. The molecule has 0 aliphatic carbocycles. The number of hydrogen-bond acceptors (Lipinski definition) is 4. The summed E-state index contributed by atoms with van der Waals surface area (Å²) in [7, 11) is -2.62. The second-order valence-electron chi connectivity index (χ2n) is 4.02. The minimum absolute atomic E-state index is 0.0415. The molecule has 2 N–H and O–H groups in total. The van der Waals surface area contributed by atoms with Gasteiger partial charge in [-0.1, -0.05) is 11.6 Å². The standard InChI is InChI=1S/C11H9ClIN3O4S/c1-16-10(8(12)5-14-16)21(19,20)15-9-3-2-6(13)4-7(9)11(17)18/h2-5,15H,1H3,(H,17,18). The molecule has 1 aromatic heterocycles. The number of halogens is 2. The number of carbonyl (C=O) groups is 1. The first-order valence-corrected chi connectivity index (χ1v) is 8.39. The summed E-state index contributed by atoms with van der Waals surface area (Å²) in [5.41, 5.74) is -0.191. The quantitative estimate of drug-likeness (QED) is 0.708. The molecule has 0 saturated carbocycles.